The van der Waals surface area contributed by atoms with E-state index in [-0.39, 0.29) is 11.6 Å². The van der Waals surface area contributed by atoms with E-state index in [1.54, 1.807) is 0 Å². The molecule has 0 aromatic carbocycles. The molecule has 3 nitrogen and oxygen atoms in total. The van der Waals surface area contributed by atoms with Crippen LogP contribution in [0.25, 0.3) is 0 Å². The van der Waals surface area contributed by atoms with Crippen molar-refractivity contribution in [3.8, 4) is 0 Å². The highest BCUT2D eigenvalue weighted by Crippen LogP contribution is 2.37. The van der Waals surface area contributed by atoms with Crippen LogP contribution in [-0.4, -0.2) is 47.7 Å². The molecular weight excluding hydrogens is 228 g/mol. The lowest BCUT2D eigenvalue weighted by atomic mass is 10.1. The minimum Gasteiger partial charge on any atom is -0.320 e. The molecule has 0 spiro atoms. The van der Waals surface area contributed by atoms with Crippen molar-refractivity contribution in [2.45, 2.75) is 70.5 Å². The fraction of sp³-hybridized carbons (Fsp3) is 0.923. The topological polar surface area (TPSA) is 23.6 Å². The number of hydrogen-bond acceptors (Lipinski definition) is 1. The highest BCUT2D eigenvalue weighted by molar-refractivity contribution is 6.77. The second kappa shape index (κ2) is 3.74. The van der Waals surface area contributed by atoms with Crippen LogP contribution in [0, 0.1) is 0 Å². The summed E-state index contributed by atoms with van der Waals surface area (Å²) in [6.07, 6.45) is 2.43. The summed E-state index contributed by atoms with van der Waals surface area (Å²) < 4.78 is 0. The van der Waals surface area contributed by atoms with Gasteiger partial charge in [-0.1, -0.05) is 19.6 Å². The van der Waals surface area contributed by atoms with Crippen molar-refractivity contribution in [1.82, 2.24) is 9.80 Å². The molecule has 98 valence electrons. The Morgan fingerprint density at radius 1 is 1.18 bits per heavy atom. The standard InChI is InChI=1S/C13H26N2OSi/c1-13(2,3)14-9-10-7-8-11(17(4,5)6)15(10)12(14)16/h10-11H,7-9H2,1-6H3/t10-,11-/m0/s1. The average Bonchev–Trinajstić information content (AvgIpc) is 2.63. The van der Waals surface area contributed by atoms with Gasteiger partial charge in [-0.15, -0.1) is 0 Å². The van der Waals surface area contributed by atoms with Gasteiger partial charge < -0.3 is 9.80 Å². The van der Waals surface area contributed by atoms with Gasteiger partial charge in [0.1, 0.15) is 0 Å². The number of carbonyl (C=O) groups excluding carboxylic acids is 1. The maximum absolute atomic E-state index is 12.6. The van der Waals surface area contributed by atoms with Gasteiger partial charge in [-0.2, -0.15) is 0 Å². The third-order valence-corrected chi connectivity index (χ3v) is 6.72. The maximum Gasteiger partial charge on any atom is 0.320 e. The second-order valence-corrected chi connectivity index (χ2v) is 13.0. The van der Waals surface area contributed by atoms with Crippen LogP contribution in [0.1, 0.15) is 33.6 Å². The van der Waals surface area contributed by atoms with Gasteiger partial charge in [0, 0.05) is 17.7 Å². The number of fused-ring (bicyclic) bond motifs is 1. The normalized spacial score (nSPS) is 30.1. The molecule has 2 rings (SSSR count). The molecule has 2 amide bonds. The zero-order valence-corrected chi connectivity index (χ0v) is 13.1. The number of carbonyl (C=O) groups is 1. The van der Waals surface area contributed by atoms with Crippen molar-refractivity contribution < 1.29 is 4.79 Å². The molecule has 0 aromatic heterocycles. The average molecular weight is 254 g/mol. The van der Waals surface area contributed by atoms with E-state index >= 15 is 0 Å². The number of amides is 2. The molecule has 0 unspecified atom stereocenters. The lowest BCUT2D eigenvalue weighted by Crippen LogP contribution is -2.52. The predicted molar refractivity (Wildman–Crippen MR) is 73.9 cm³/mol. The summed E-state index contributed by atoms with van der Waals surface area (Å²) >= 11 is 0. The van der Waals surface area contributed by atoms with E-state index in [9.17, 15) is 4.79 Å². The van der Waals surface area contributed by atoms with Crippen LogP contribution >= 0.6 is 0 Å². The van der Waals surface area contributed by atoms with E-state index in [2.05, 4.69) is 50.2 Å². The molecule has 2 heterocycles. The molecular formula is C13H26N2OSi. The summed E-state index contributed by atoms with van der Waals surface area (Å²) in [4.78, 5) is 16.8. The summed E-state index contributed by atoms with van der Waals surface area (Å²) in [6.45, 7) is 14.5. The first-order chi connectivity index (χ1) is 7.62. The minimum absolute atomic E-state index is 0.0363. The van der Waals surface area contributed by atoms with E-state index in [1.165, 1.54) is 12.8 Å². The summed E-state index contributed by atoms with van der Waals surface area (Å²) in [7, 11) is -1.26. The Hall–Kier alpha value is -0.513. The van der Waals surface area contributed by atoms with Gasteiger partial charge in [-0.25, -0.2) is 4.79 Å². The van der Waals surface area contributed by atoms with Crippen LogP contribution in [0.2, 0.25) is 19.6 Å². The third kappa shape index (κ3) is 2.12. The monoisotopic (exact) mass is 254 g/mol. The Morgan fingerprint density at radius 2 is 1.76 bits per heavy atom. The first kappa shape index (κ1) is 12.9. The molecule has 0 bridgehead atoms. The summed E-state index contributed by atoms with van der Waals surface area (Å²) in [5.74, 6) is 0. The van der Waals surface area contributed by atoms with E-state index in [4.69, 9.17) is 0 Å². The number of urea groups is 1. The van der Waals surface area contributed by atoms with Crippen molar-refractivity contribution >= 4 is 14.1 Å². The first-order valence-electron chi connectivity index (χ1n) is 6.72. The molecule has 0 radical (unpaired) electrons. The molecule has 4 heteroatoms. The quantitative estimate of drug-likeness (QED) is 0.660. The van der Waals surface area contributed by atoms with Gasteiger partial charge in [0.2, 0.25) is 0 Å². The van der Waals surface area contributed by atoms with E-state index < -0.39 is 8.07 Å². The number of rotatable bonds is 1. The van der Waals surface area contributed by atoms with Crippen LogP contribution in [0.15, 0.2) is 0 Å². The van der Waals surface area contributed by atoms with Crippen molar-refractivity contribution in [2.75, 3.05) is 6.54 Å². The molecule has 0 N–H and O–H groups in total. The SMILES string of the molecule is CC(C)(C)N1C[C@@H]2CC[C@H]([Si](C)(C)C)N2C1=O. The molecule has 2 fully saturated rings. The molecule has 2 aliphatic heterocycles. The van der Waals surface area contributed by atoms with Crippen LogP contribution in [-0.2, 0) is 0 Å². The molecule has 0 saturated carbocycles. The Bertz CT molecular complexity index is 329. The minimum atomic E-state index is -1.26. The van der Waals surface area contributed by atoms with E-state index in [0.29, 0.717) is 11.7 Å². The highest BCUT2D eigenvalue weighted by atomic mass is 28.3. The Balaban J connectivity index is 2.22. The van der Waals surface area contributed by atoms with Crippen LogP contribution in [0.4, 0.5) is 4.79 Å². The lowest BCUT2D eigenvalue weighted by Gasteiger charge is -2.36. The molecule has 2 aliphatic rings. The zero-order valence-electron chi connectivity index (χ0n) is 12.1. The van der Waals surface area contributed by atoms with Gasteiger partial charge in [-0.3, -0.25) is 0 Å². The largest absolute Gasteiger partial charge is 0.320 e. The summed E-state index contributed by atoms with van der Waals surface area (Å²) in [6, 6.07) is 0.769. The Kier molecular flexibility index (Phi) is 2.84. The van der Waals surface area contributed by atoms with Crippen LogP contribution in [0.3, 0.4) is 0 Å². The second-order valence-electron chi connectivity index (χ2n) is 7.58. The van der Waals surface area contributed by atoms with Gasteiger partial charge in [0.15, 0.2) is 0 Å². The molecule has 0 aromatic rings. The van der Waals surface area contributed by atoms with Crippen molar-refractivity contribution in [3.63, 3.8) is 0 Å². The highest BCUT2D eigenvalue weighted by Gasteiger charge is 2.51. The van der Waals surface area contributed by atoms with E-state index in [1.807, 2.05) is 0 Å². The summed E-state index contributed by atoms with van der Waals surface area (Å²) in [5, 5.41) is 0. The van der Waals surface area contributed by atoms with E-state index in [0.717, 1.165) is 6.54 Å². The number of hydrogen-bond donors (Lipinski definition) is 0. The van der Waals surface area contributed by atoms with Crippen molar-refractivity contribution in [3.05, 3.63) is 0 Å². The van der Waals surface area contributed by atoms with Gasteiger partial charge >= 0.3 is 6.03 Å². The summed E-state index contributed by atoms with van der Waals surface area (Å²) in [5.41, 5.74) is 0.512. The number of nitrogens with zero attached hydrogens (tertiary/aromatic N) is 2. The lowest BCUT2D eigenvalue weighted by molar-refractivity contribution is 0.153. The predicted octanol–water partition coefficient (Wildman–Crippen LogP) is 2.93. The first-order valence-corrected chi connectivity index (χ1v) is 10.3. The Morgan fingerprint density at radius 3 is 2.24 bits per heavy atom. The molecule has 2 saturated heterocycles. The fourth-order valence-electron chi connectivity index (χ4n) is 3.19. The van der Waals surface area contributed by atoms with Crippen LogP contribution in [0.5, 0.6) is 0 Å². The fourth-order valence-corrected chi connectivity index (χ4v) is 5.38. The van der Waals surface area contributed by atoms with Crippen molar-refractivity contribution in [1.29, 1.82) is 0 Å². The van der Waals surface area contributed by atoms with Crippen molar-refractivity contribution in [2.24, 2.45) is 0 Å². The molecule has 2 atom stereocenters. The van der Waals surface area contributed by atoms with Gasteiger partial charge in [0.25, 0.3) is 0 Å². The molecule has 0 aliphatic carbocycles. The third-order valence-electron chi connectivity index (χ3n) is 4.16. The van der Waals surface area contributed by atoms with Crippen LogP contribution < -0.4 is 0 Å². The van der Waals surface area contributed by atoms with Gasteiger partial charge in [0.05, 0.1) is 14.1 Å². The van der Waals surface area contributed by atoms with Gasteiger partial charge in [-0.05, 0) is 33.6 Å². The molecule has 17 heavy (non-hydrogen) atoms. The smallest absolute Gasteiger partial charge is 0.320 e. The maximum atomic E-state index is 12.6. The Labute approximate surface area is 106 Å². The zero-order chi connectivity index (χ0) is 13.0.